The molecule has 188 valence electrons. The molecular weight excluding hydrogens is 412 g/mol. The Bertz CT molecular complexity index is 638. The fourth-order valence-corrected chi connectivity index (χ4v) is 3.92. The first kappa shape index (κ1) is 29.2. The summed E-state index contributed by atoms with van der Waals surface area (Å²) in [5.74, 6) is -0.0897. The van der Waals surface area contributed by atoms with Crippen LogP contribution in [-0.2, 0) is 9.47 Å². The summed E-state index contributed by atoms with van der Waals surface area (Å²) in [6.45, 7) is 7.55. The molecule has 1 aromatic carbocycles. The van der Waals surface area contributed by atoms with Crippen molar-refractivity contribution in [3.05, 3.63) is 35.4 Å². The topological polar surface area (TPSA) is 52.6 Å². The summed E-state index contributed by atoms with van der Waals surface area (Å²) in [5.41, 5.74) is 0.597. The number of carbonyl (C=O) groups is 2. The molecule has 0 aliphatic carbocycles. The van der Waals surface area contributed by atoms with Crippen molar-refractivity contribution in [3.8, 4) is 0 Å². The zero-order valence-corrected chi connectivity index (χ0v) is 21.5. The van der Waals surface area contributed by atoms with Crippen LogP contribution in [-0.4, -0.2) is 25.2 Å². The maximum atomic E-state index is 12.5. The number of carbonyl (C=O) groups excluding carboxylic acids is 2. The predicted molar refractivity (Wildman–Crippen MR) is 137 cm³/mol. The highest BCUT2D eigenvalue weighted by Gasteiger charge is 2.18. The molecule has 0 saturated heterocycles. The van der Waals surface area contributed by atoms with Crippen LogP contribution in [0.3, 0.4) is 0 Å². The number of ether oxygens (including phenoxy) is 2. The highest BCUT2D eigenvalue weighted by atomic mass is 16.5. The van der Waals surface area contributed by atoms with Gasteiger partial charge >= 0.3 is 11.9 Å². The molecule has 0 radical (unpaired) electrons. The number of unbranched alkanes of at least 4 members (excludes halogenated alkanes) is 12. The van der Waals surface area contributed by atoms with Gasteiger partial charge in [-0.05, 0) is 30.9 Å². The second kappa shape index (κ2) is 19.6. The lowest BCUT2D eigenvalue weighted by Gasteiger charge is -2.10. The second-order valence-corrected chi connectivity index (χ2v) is 9.60. The van der Waals surface area contributed by atoms with Gasteiger partial charge in [0.1, 0.15) is 0 Å². The molecule has 0 aromatic heterocycles. The van der Waals surface area contributed by atoms with Crippen LogP contribution in [0, 0.1) is 5.92 Å². The molecule has 4 heteroatoms. The summed E-state index contributed by atoms with van der Waals surface area (Å²) in [4.78, 5) is 25.0. The van der Waals surface area contributed by atoms with Crippen molar-refractivity contribution >= 4 is 11.9 Å². The Morgan fingerprint density at radius 3 is 1.45 bits per heavy atom. The molecule has 0 atom stereocenters. The van der Waals surface area contributed by atoms with Crippen molar-refractivity contribution in [1.29, 1.82) is 0 Å². The lowest BCUT2D eigenvalue weighted by molar-refractivity contribution is 0.0450. The smallest absolute Gasteiger partial charge is 0.339 e. The fraction of sp³-hybridized carbons (Fsp3) is 0.724. The van der Waals surface area contributed by atoms with E-state index in [1.165, 1.54) is 70.6 Å². The van der Waals surface area contributed by atoms with Gasteiger partial charge in [0.25, 0.3) is 0 Å². The van der Waals surface area contributed by atoms with Crippen molar-refractivity contribution in [2.45, 2.75) is 117 Å². The van der Waals surface area contributed by atoms with Crippen molar-refractivity contribution < 1.29 is 19.1 Å². The van der Waals surface area contributed by atoms with Crippen LogP contribution in [0.1, 0.15) is 138 Å². The third-order valence-corrected chi connectivity index (χ3v) is 6.01. The molecule has 1 rings (SSSR count). The molecule has 0 saturated carbocycles. The lowest BCUT2D eigenvalue weighted by atomic mass is 10.0. The first-order valence-corrected chi connectivity index (χ1v) is 13.5. The SMILES string of the molecule is CCCCCCCCCCOC(=O)c1ccccc1C(=O)OCCCCCCCCC(C)C. The quantitative estimate of drug-likeness (QED) is 0.144. The number of benzene rings is 1. The highest BCUT2D eigenvalue weighted by molar-refractivity contribution is 6.03. The minimum atomic E-state index is -0.438. The monoisotopic (exact) mass is 460 g/mol. The van der Waals surface area contributed by atoms with Crippen LogP contribution in [0.2, 0.25) is 0 Å². The predicted octanol–water partition coefficient (Wildman–Crippen LogP) is 8.53. The molecule has 0 aliphatic rings. The Morgan fingerprint density at radius 2 is 1.03 bits per heavy atom. The van der Waals surface area contributed by atoms with Gasteiger partial charge in [0, 0.05) is 0 Å². The summed E-state index contributed by atoms with van der Waals surface area (Å²) in [6, 6.07) is 6.79. The molecule has 0 heterocycles. The molecule has 33 heavy (non-hydrogen) atoms. The maximum absolute atomic E-state index is 12.5. The Hall–Kier alpha value is -1.84. The molecule has 0 fully saturated rings. The molecule has 0 aliphatic heterocycles. The van der Waals surface area contributed by atoms with E-state index in [9.17, 15) is 9.59 Å². The van der Waals surface area contributed by atoms with E-state index in [-0.39, 0.29) is 0 Å². The normalized spacial score (nSPS) is 11.0. The first-order chi connectivity index (χ1) is 16.1. The molecule has 0 unspecified atom stereocenters. The van der Waals surface area contributed by atoms with Gasteiger partial charge in [-0.25, -0.2) is 9.59 Å². The van der Waals surface area contributed by atoms with E-state index >= 15 is 0 Å². The van der Waals surface area contributed by atoms with E-state index in [1.807, 2.05) is 0 Å². The largest absolute Gasteiger partial charge is 0.462 e. The van der Waals surface area contributed by atoms with Gasteiger partial charge in [-0.1, -0.05) is 116 Å². The zero-order chi connectivity index (χ0) is 24.2. The van der Waals surface area contributed by atoms with Gasteiger partial charge in [0.15, 0.2) is 0 Å². The number of esters is 2. The molecule has 0 spiro atoms. The fourth-order valence-electron chi connectivity index (χ4n) is 3.92. The van der Waals surface area contributed by atoms with E-state index in [4.69, 9.17) is 9.47 Å². The molecule has 1 aromatic rings. The van der Waals surface area contributed by atoms with Crippen molar-refractivity contribution in [1.82, 2.24) is 0 Å². The summed E-state index contributed by atoms with van der Waals surface area (Å²) < 4.78 is 10.9. The van der Waals surface area contributed by atoms with E-state index in [1.54, 1.807) is 24.3 Å². The molecule has 0 bridgehead atoms. The lowest BCUT2D eigenvalue weighted by Crippen LogP contribution is -2.15. The van der Waals surface area contributed by atoms with Crippen molar-refractivity contribution in [2.24, 2.45) is 5.92 Å². The minimum absolute atomic E-state index is 0.298. The molecule has 0 N–H and O–H groups in total. The number of rotatable bonds is 20. The van der Waals surface area contributed by atoms with E-state index in [0.717, 1.165) is 31.6 Å². The third-order valence-electron chi connectivity index (χ3n) is 6.01. The van der Waals surface area contributed by atoms with Crippen LogP contribution < -0.4 is 0 Å². The van der Waals surface area contributed by atoms with Gasteiger partial charge < -0.3 is 9.47 Å². The van der Waals surface area contributed by atoms with Crippen molar-refractivity contribution in [3.63, 3.8) is 0 Å². The van der Waals surface area contributed by atoms with Gasteiger partial charge in [0.05, 0.1) is 24.3 Å². The Morgan fingerprint density at radius 1 is 0.636 bits per heavy atom. The summed E-state index contributed by atoms with van der Waals surface area (Å²) in [5, 5.41) is 0. The van der Waals surface area contributed by atoms with Crippen LogP contribution in [0.5, 0.6) is 0 Å². The van der Waals surface area contributed by atoms with Gasteiger partial charge in [0.2, 0.25) is 0 Å². The van der Waals surface area contributed by atoms with Gasteiger partial charge in [-0.3, -0.25) is 0 Å². The average Bonchev–Trinajstić information content (AvgIpc) is 2.81. The van der Waals surface area contributed by atoms with Crippen LogP contribution in [0.25, 0.3) is 0 Å². The van der Waals surface area contributed by atoms with Crippen molar-refractivity contribution in [2.75, 3.05) is 13.2 Å². The van der Waals surface area contributed by atoms with Crippen LogP contribution in [0.4, 0.5) is 0 Å². The average molecular weight is 461 g/mol. The van der Waals surface area contributed by atoms with E-state index < -0.39 is 11.9 Å². The van der Waals surface area contributed by atoms with Gasteiger partial charge in [-0.15, -0.1) is 0 Å². The van der Waals surface area contributed by atoms with E-state index in [0.29, 0.717) is 24.3 Å². The van der Waals surface area contributed by atoms with E-state index in [2.05, 4.69) is 20.8 Å². The number of hydrogen-bond acceptors (Lipinski definition) is 4. The summed E-state index contributed by atoms with van der Waals surface area (Å²) in [7, 11) is 0. The molecular formula is C29H48O4. The maximum Gasteiger partial charge on any atom is 0.339 e. The summed E-state index contributed by atoms with van der Waals surface area (Å²) in [6.07, 6.45) is 17.8. The Kier molecular flexibility index (Phi) is 17.4. The van der Waals surface area contributed by atoms with Crippen LogP contribution >= 0.6 is 0 Å². The summed E-state index contributed by atoms with van der Waals surface area (Å²) >= 11 is 0. The highest BCUT2D eigenvalue weighted by Crippen LogP contribution is 2.15. The standard InChI is InChI=1S/C29H48O4/c1-4-5-6-7-8-10-13-18-23-32-28(30)26-21-16-17-22-27(26)29(31)33-24-19-14-11-9-12-15-20-25(2)3/h16-17,21-22,25H,4-15,18-20,23-24H2,1-3H3. The Balaban J connectivity index is 2.23. The zero-order valence-electron chi connectivity index (χ0n) is 21.5. The van der Waals surface area contributed by atoms with Gasteiger partial charge in [-0.2, -0.15) is 0 Å². The third kappa shape index (κ3) is 14.8. The molecule has 0 amide bonds. The second-order valence-electron chi connectivity index (χ2n) is 9.60. The van der Waals surface area contributed by atoms with Crippen LogP contribution in [0.15, 0.2) is 24.3 Å². The minimum Gasteiger partial charge on any atom is -0.462 e. The number of hydrogen-bond donors (Lipinski definition) is 0. The molecule has 4 nitrogen and oxygen atoms in total. The Labute approximate surface area is 202 Å². The first-order valence-electron chi connectivity index (χ1n) is 13.5.